The number of β-amino-alcohol motifs (C(OH)–C–C–N with tert-alkyl or cyclic N) is 1. The van der Waals surface area contributed by atoms with E-state index < -0.39 is 0 Å². The molecular formula is C12H16N4O. The van der Waals surface area contributed by atoms with E-state index in [1.807, 2.05) is 23.9 Å². The number of aromatic nitrogens is 3. The smallest absolute Gasteiger partial charge is 0.145 e. The lowest BCUT2D eigenvalue weighted by Gasteiger charge is -2.31. The number of aryl methyl sites for hydroxylation is 1. The van der Waals surface area contributed by atoms with E-state index >= 15 is 0 Å². The third-order valence-corrected chi connectivity index (χ3v) is 3.34. The second kappa shape index (κ2) is 4.00. The Bertz CT molecular complexity index is 536. The molecule has 1 aliphatic heterocycles. The number of nitrogens with zero attached hydrogens (tertiary/aromatic N) is 4. The Morgan fingerprint density at radius 3 is 3.12 bits per heavy atom. The zero-order valence-electron chi connectivity index (χ0n) is 9.87. The minimum Gasteiger partial charge on any atom is -0.391 e. The number of aliphatic hydroxyl groups excluding tert-OH is 1. The van der Waals surface area contributed by atoms with Gasteiger partial charge in [-0.3, -0.25) is 0 Å². The molecule has 0 bridgehead atoms. The second-order valence-corrected chi connectivity index (χ2v) is 4.60. The molecule has 17 heavy (non-hydrogen) atoms. The number of aliphatic hydroxyl groups is 1. The minimum atomic E-state index is -0.238. The van der Waals surface area contributed by atoms with Crippen LogP contribution >= 0.6 is 0 Å². The molecule has 5 heteroatoms. The molecule has 0 saturated carbocycles. The van der Waals surface area contributed by atoms with Gasteiger partial charge in [0.1, 0.15) is 17.8 Å². The van der Waals surface area contributed by atoms with Gasteiger partial charge < -0.3 is 14.6 Å². The summed E-state index contributed by atoms with van der Waals surface area (Å²) in [4.78, 5) is 10.8. The van der Waals surface area contributed by atoms with Gasteiger partial charge in [0.2, 0.25) is 0 Å². The number of hydrogen-bond donors (Lipinski definition) is 1. The minimum absolute atomic E-state index is 0.238. The molecule has 0 aliphatic carbocycles. The summed E-state index contributed by atoms with van der Waals surface area (Å²) >= 11 is 0. The van der Waals surface area contributed by atoms with E-state index in [1.165, 1.54) is 0 Å². The monoisotopic (exact) mass is 232 g/mol. The highest BCUT2D eigenvalue weighted by Gasteiger charge is 2.21. The Morgan fingerprint density at radius 2 is 2.29 bits per heavy atom. The van der Waals surface area contributed by atoms with Crippen molar-refractivity contribution in [3.63, 3.8) is 0 Å². The van der Waals surface area contributed by atoms with Gasteiger partial charge in [-0.15, -0.1) is 0 Å². The molecule has 0 amide bonds. The zero-order valence-corrected chi connectivity index (χ0v) is 9.87. The summed E-state index contributed by atoms with van der Waals surface area (Å²) in [5, 5.41) is 10.8. The van der Waals surface area contributed by atoms with Crippen molar-refractivity contribution in [2.75, 3.05) is 18.0 Å². The largest absolute Gasteiger partial charge is 0.391 e. The maximum atomic E-state index is 9.73. The average Bonchev–Trinajstić information content (AvgIpc) is 2.71. The van der Waals surface area contributed by atoms with Crippen LogP contribution in [0.5, 0.6) is 0 Å². The van der Waals surface area contributed by atoms with Gasteiger partial charge in [-0.1, -0.05) is 0 Å². The summed E-state index contributed by atoms with van der Waals surface area (Å²) in [6.45, 7) is 1.62. The van der Waals surface area contributed by atoms with Gasteiger partial charge in [0, 0.05) is 26.3 Å². The van der Waals surface area contributed by atoms with Gasteiger partial charge in [0.15, 0.2) is 0 Å². The van der Waals surface area contributed by atoms with E-state index in [0.717, 1.165) is 36.2 Å². The summed E-state index contributed by atoms with van der Waals surface area (Å²) in [7, 11) is 1.98. The molecule has 1 unspecified atom stereocenters. The Kier molecular flexibility index (Phi) is 2.48. The van der Waals surface area contributed by atoms with E-state index in [1.54, 1.807) is 6.33 Å². The molecule has 0 aromatic carbocycles. The van der Waals surface area contributed by atoms with Crippen molar-refractivity contribution >= 4 is 16.9 Å². The van der Waals surface area contributed by atoms with Crippen molar-refractivity contribution in [3.8, 4) is 0 Å². The first kappa shape index (κ1) is 10.5. The van der Waals surface area contributed by atoms with Crippen LogP contribution in [0.15, 0.2) is 18.6 Å². The number of piperidine rings is 1. The highest BCUT2D eigenvalue weighted by molar-refractivity contribution is 5.87. The van der Waals surface area contributed by atoms with Crippen molar-refractivity contribution in [2.45, 2.75) is 18.9 Å². The fraction of sp³-hybridized carbons (Fsp3) is 0.500. The van der Waals surface area contributed by atoms with Crippen LogP contribution in [-0.4, -0.2) is 38.8 Å². The zero-order chi connectivity index (χ0) is 11.8. The summed E-state index contributed by atoms with van der Waals surface area (Å²) in [6.07, 6.45) is 5.25. The van der Waals surface area contributed by atoms with E-state index in [4.69, 9.17) is 0 Å². The molecule has 90 valence electrons. The summed E-state index contributed by atoms with van der Waals surface area (Å²) < 4.78 is 1.99. The lowest BCUT2D eigenvalue weighted by molar-refractivity contribution is 0.154. The molecule has 3 heterocycles. The molecule has 2 aromatic rings. The normalized spacial score (nSPS) is 21.1. The maximum Gasteiger partial charge on any atom is 0.145 e. The summed E-state index contributed by atoms with van der Waals surface area (Å²) in [5.41, 5.74) is 0.940. The summed E-state index contributed by atoms with van der Waals surface area (Å²) in [5.74, 6) is 0.939. The molecule has 0 radical (unpaired) electrons. The van der Waals surface area contributed by atoms with Crippen molar-refractivity contribution in [3.05, 3.63) is 18.6 Å². The van der Waals surface area contributed by atoms with Crippen molar-refractivity contribution in [2.24, 2.45) is 7.05 Å². The Morgan fingerprint density at radius 1 is 1.41 bits per heavy atom. The number of fused-ring (bicyclic) bond motifs is 1. The predicted molar refractivity (Wildman–Crippen MR) is 66.0 cm³/mol. The fourth-order valence-electron chi connectivity index (χ4n) is 2.46. The van der Waals surface area contributed by atoms with Crippen LogP contribution in [0.1, 0.15) is 12.8 Å². The third-order valence-electron chi connectivity index (χ3n) is 3.34. The molecule has 1 aliphatic rings. The van der Waals surface area contributed by atoms with Crippen LogP contribution in [0.2, 0.25) is 0 Å². The van der Waals surface area contributed by atoms with Gasteiger partial charge >= 0.3 is 0 Å². The molecule has 2 aromatic heterocycles. The highest BCUT2D eigenvalue weighted by atomic mass is 16.3. The van der Waals surface area contributed by atoms with Crippen molar-refractivity contribution in [1.82, 2.24) is 14.5 Å². The number of anilines is 1. The number of hydrogen-bond acceptors (Lipinski definition) is 4. The molecule has 1 saturated heterocycles. The van der Waals surface area contributed by atoms with Gasteiger partial charge in [0.25, 0.3) is 0 Å². The molecule has 1 N–H and O–H groups in total. The van der Waals surface area contributed by atoms with Crippen LogP contribution in [0, 0.1) is 0 Å². The van der Waals surface area contributed by atoms with Crippen LogP contribution in [-0.2, 0) is 7.05 Å². The van der Waals surface area contributed by atoms with Gasteiger partial charge in [-0.25, -0.2) is 9.97 Å². The first-order valence-corrected chi connectivity index (χ1v) is 5.95. The van der Waals surface area contributed by atoms with E-state index in [0.29, 0.717) is 6.54 Å². The van der Waals surface area contributed by atoms with E-state index in [9.17, 15) is 5.11 Å². The van der Waals surface area contributed by atoms with E-state index in [2.05, 4.69) is 14.9 Å². The topological polar surface area (TPSA) is 54.2 Å². The first-order valence-electron chi connectivity index (χ1n) is 5.95. The summed E-state index contributed by atoms with van der Waals surface area (Å²) in [6, 6.07) is 2.03. The first-order chi connectivity index (χ1) is 8.25. The van der Waals surface area contributed by atoms with Crippen LogP contribution in [0.4, 0.5) is 5.82 Å². The maximum absolute atomic E-state index is 9.73. The molecule has 1 fully saturated rings. The van der Waals surface area contributed by atoms with E-state index in [-0.39, 0.29) is 6.10 Å². The third kappa shape index (κ3) is 1.76. The fourth-order valence-corrected chi connectivity index (χ4v) is 2.46. The van der Waals surface area contributed by atoms with Crippen molar-refractivity contribution in [1.29, 1.82) is 0 Å². The highest BCUT2D eigenvalue weighted by Crippen LogP contribution is 2.25. The van der Waals surface area contributed by atoms with Crippen LogP contribution in [0.25, 0.3) is 11.0 Å². The van der Waals surface area contributed by atoms with Gasteiger partial charge in [-0.05, 0) is 18.9 Å². The quantitative estimate of drug-likeness (QED) is 0.794. The van der Waals surface area contributed by atoms with Gasteiger partial charge in [0.05, 0.1) is 11.5 Å². The predicted octanol–water partition coefficient (Wildman–Crippen LogP) is 0.929. The SMILES string of the molecule is Cn1ccc2c(N3CCCC(O)C3)ncnc21. The Balaban J connectivity index is 2.04. The van der Waals surface area contributed by atoms with Crippen LogP contribution in [0.3, 0.4) is 0 Å². The lowest BCUT2D eigenvalue weighted by atomic mass is 10.1. The van der Waals surface area contributed by atoms with Crippen LogP contribution < -0.4 is 4.90 Å². The molecule has 5 nitrogen and oxygen atoms in total. The average molecular weight is 232 g/mol. The molecule has 3 rings (SSSR count). The lowest BCUT2D eigenvalue weighted by Crippen LogP contribution is -2.38. The molecule has 1 atom stereocenters. The molecule has 0 spiro atoms. The standard InChI is InChI=1S/C12H16N4O/c1-15-6-4-10-11(15)13-8-14-12(10)16-5-2-3-9(17)7-16/h4,6,8-9,17H,2-3,5,7H2,1H3. The van der Waals surface area contributed by atoms with Crippen molar-refractivity contribution < 1.29 is 5.11 Å². The Hall–Kier alpha value is -1.62. The molecular weight excluding hydrogens is 216 g/mol. The van der Waals surface area contributed by atoms with Gasteiger partial charge in [-0.2, -0.15) is 0 Å². The number of rotatable bonds is 1. The Labute approximate surface area is 99.7 Å². The second-order valence-electron chi connectivity index (χ2n) is 4.60.